The molecule has 0 N–H and O–H groups in total. The third-order valence-electron chi connectivity index (χ3n) is 1.71. The molecule has 54 valence electrons. The van der Waals surface area contributed by atoms with Crippen LogP contribution in [-0.4, -0.2) is 20.4 Å². The molecule has 0 aromatic heterocycles. The van der Waals surface area contributed by atoms with Crippen LogP contribution in [0.2, 0.25) is 9.10 Å². The van der Waals surface area contributed by atoms with Crippen LogP contribution in [0.4, 0.5) is 0 Å². The molecule has 0 fully saturated rings. The Hall–Kier alpha value is 0.766. The van der Waals surface area contributed by atoms with Crippen molar-refractivity contribution in [1.29, 1.82) is 0 Å². The normalized spacial score (nSPS) is 9.11. The maximum atomic E-state index is 2.29. The fourth-order valence-electron chi connectivity index (χ4n) is 1.03. The highest BCUT2D eigenvalue weighted by atomic mass is 24.5. The van der Waals surface area contributed by atoms with E-state index in [-0.39, 0.29) is 1.43 Å². The molecule has 0 radical (unpaired) electrons. The predicted octanol–water partition coefficient (Wildman–Crippen LogP) is 3.37. The molecular formula is C8H20Mg. The third-order valence-corrected chi connectivity index (χ3v) is 3.71. The van der Waals surface area contributed by atoms with Gasteiger partial charge in [0.05, 0.1) is 0 Å². The summed E-state index contributed by atoms with van der Waals surface area (Å²) in [6, 6.07) is 0. The van der Waals surface area contributed by atoms with Gasteiger partial charge < -0.3 is 0 Å². The standard InChI is InChI=1S/2C4H9.Mg.H2/c2*1-3-4-2;;/h2*1,3-4H2,2H3;;1H. The van der Waals surface area contributed by atoms with Crippen molar-refractivity contribution >= 4 is 20.4 Å². The Kier molecular flexibility index (Phi) is 9.51. The Labute approximate surface area is 70.6 Å². The van der Waals surface area contributed by atoms with Crippen molar-refractivity contribution in [3.8, 4) is 0 Å². The van der Waals surface area contributed by atoms with Gasteiger partial charge in [-0.2, -0.15) is 0 Å². The molecule has 0 amide bonds. The van der Waals surface area contributed by atoms with Gasteiger partial charge in [0.1, 0.15) is 0 Å². The van der Waals surface area contributed by atoms with Gasteiger partial charge in [-0.05, 0) is 0 Å². The van der Waals surface area contributed by atoms with Crippen molar-refractivity contribution in [2.75, 3.05) is 0 Å². The first-order valence-electron chi connectivity index (χ1n) is 4.41. The molecule has 0 heterocycles. The molecule has 0 aromatic rings. The summed E-state index contributed by atoms with van der Waals surface area (Å²) in [5, 5.41) is 0. The van der Waals surface area contributed by atoms with Crippen LogP contribution in [0.3, 0.4) is 0 Å². The van der Waals surface area contributed by atoms with E-state index >= 15 is 0 Å². The molecular weight excluding hydrogens is 120 g/mol. The molecule has 0 bridgehead atoms. The van der Waals surface area contributed by atoms with Crippen molar-refractivity contribution in [2.24, 2.45) is 0 Å². The molecule has 0 rings (SSSR count). The van der Waals surface area contributed by atoms with Crippen LogP contribution >= 0.6 is 0 Å². The highest BCUT2D eigenvalue weighted by molar-refractivity contribution is 6.35. The monoisotopic (exact) mass is 140 g/mol. The van der Waals surface area contributed by atoms with Crippen molar-refractivity contribution in [1.82, 2.24) is 0 Å². The molecule has 0 aliphatic heterocycles. The van der Waals surface area contributed by atoms with Crippen molar-refractivity contribution in [2.45, 2.75) is 48.6 Å². The fourth-order valence-corrected chi connectivity index (χ4v) is 3.09. The highest BCUT2D eigenvalue weighted by Gasteiger charge is 1.92. The molecule has 0 nitrogen and oxygen atoms in total. The minimum absolute atomic E-state index is 0. The largest absolute Gasteiger partial charge is 0.364 e. The van der Waals surface area contributed by atoms with Crippen molar-refractivity contribution in [3.05, 3.63) is 0 Å². The minimum atomic E-state index is 0. The van der Waals surface area contributed by atoms with Crippen LogP contribution in [-0.2, 0) is 0 Å². The van der Waals surface area contributed by atoms with Gasteiger partial charge in [0, 0.05) is 1.43 Å². The topological polar surface area (TPSA) is 0 Å². The lowest BCUT2D eigenvalue weighted by molar-refractivity contribution is 0.851. The van der Waals surface area contributed by atoms with Crippen molar-refractivity contribution in [3.63, 3.8) is 0 Å². The lowest BCUT2D eigenvalue weighted by atomic mass is 10.4. The predicted molar refractivity (Wildman–Crippen MR) is 47.3 cm³/mol. The zero-order chi connectivity index (χ0) is 6.95. The summed E-state index contributed by atoms with van der Waals surface area (Å²) in [4.78, 5) is 0. The summed E-state index contributed by atoms with van der Waals surface area (Å²) in [5.74, 6) is 0. The Morgan fingerprint density at radius 1 is 1.00 bits per heavy atom. The summed E-state index contributed by atoms with van der Waals surface area (Å²) < 4.78 is 3.19. The summed E-state index contributed by atoms with van der Waals surface area (Å²) in [6.07, 6.45) is 5.80. The summed E-state index contributed by atoms with van der Waals surface area (Å²) in [6.45, 7) is 4.57. The number of unbranched alkanes of at least 4 members (excludes halogenated alkanes) is 2. The van der Waals surface area contributed by atoms with E-state index in [1.54, 1.807) is 9.10 Å². The molecule has 0 spiro atoms. The quantitative estimate of drug-likeness (QED) is 0.392. The Balaban J connectivity index is 0. The van der Waals surface area contributed by atoms with E-state index in [4.69, 9.17) is 0 Å². The summed E-state index contributed by atoms with van der Waals surface area (Å²) in [5.41, 5.74) is 0. The Bertz CT molecular complexity index is 42.5. The van der Waals surface area contributed by atoms with Crippen LogP contribution in [0, 0.1) is 0 Å². The van der Waals surface area contributed by atoms with Crippen LogP contribution in [0.1, 0.15) is 41.0 Å². The van der Waals surface area contributed by atoms with Crippen LogP contribution in [0.15, 0.2) is 0 Å². The average Bonchev–Trinajstić information content (AvgIpc) is 1.89. The average molecular weight is 141 g/mol. The van der Waals surface area contributed by atoms with Gasteiger partial charge in [-0.1, -0.05) is 39.5 Å². The molecule has 0 aliphatic carbocycles. The highest BCUT2D eigenvalue weighted by Crippen LogP contribution is 1.99. The lowest BCUT2D eigenvalue weighted by Crippen LogP contribution is -1.87. The van der Waals surface area contributed by atoms with E-state index in [1.807, 2.05) is 0 Å². The zero-order valence-electron chi connectivity index (χ0n) is 6.95. The van der Waals surface area contributed by atoms with Crippen molar-refractivity contribution < 1.29 is 1.43 Å². The zero-order valence-corrected chi connectivity index (χ0v) is 8.36. The van der Waals surface area contributed by atoms with Gasteiger partial charge in [0.25, 0.3) is 0 Å². The first-order valence-corrected chi connectivity index (χ1v) is 6.41. The van der Waals surface area contributed by atoms with Gasteiger partial charge in [-0.25, -0.2) is 0 Å². The van der Waals surface area contributed by atoms with E-state index in [9.17, 15) is 0 Å². The minimum Gasteiger partial charge on any atom is -0.146 e. The molecule has 0 saturated carbocycles. The first kappa shape index (κ1) is 9.77. The SMILES string of the molecule is CCC[CH2][Mg][CH2]CCC.[HH]. The van der Waals surface area contributed by atoms with Crippen LogP contribution in [0.25, 0.3) is 0 Å². The number of hydrogen-bond donors (Lipinski definition) is 0. The van der Waals surface area contributed by atoms with Gasteiger partial charge in [-0.15, -0.1) is 9.10 Å². The van der Waals surface area contributed by atoms with Gasteiger partial charge in [0.2, 0.25) is 0 Å². The maximum absolute atomic E-state index is 2.29. The molecule has 0 aromatic carbocycles. The van der Waals surface area contributed by atoms with Gasteiger partial charge in [0.15, 0.2) is 0 Å². The smallest absolute Gasteiger partial charge is 0.146 e. The number of hydrogen-bond acceptors (Lipinski definition) is 0. The molecule has 0 atom stereocenters. The Morgan fingerprint density at radius 2 is 1.44 bits per heavy atom. The molecule has 0 saturated heterocycles. The van der Waals surface area contributed by atoms with E-state index in [2.05, 4.69) is 13.8 Å². The van der Waals surface area contributed by atoms with E-state index in [0.29, 0.717) is 20.4 Å². The molecule has 9 heavy (non-hydrogen) atoms. The Morgan fingerprint density at radius 3 is 1.78 bits per heavy atom. The van der Waals surface area contributed by atoms with Gasteiger partial charge in [-0.3, -0.25) is 0 Å². The second kappa shape index (κ2) is 8.77. The van der Waals surface area contributed by atoms with E-state index in [0.717, 1.165) is 0 Å². The third kappa shape index (κ3) is 8.77. The molecule has 0 aliphatic rings. The van der Waals surface area contributed by atoms with Crippen LogP contribution < -0.4 is 0 Å². The van der Waals surface area contributed by atoms with Gasteiger partial charge >= 0.3 is 20.4 Å². The molecule has 0 unspecified atom stereocenters. The lowest BCUT2D eigenvalue weighted by Gasteiger charge is -1.93. The van der Waals surface area contributed by atoms with E-state index < -0.39 is 0 Å². The second-order valence-electron chi connectivity index (χ2n) is 2.77. The molecule has 1 heteroatoms. The van der Waals surface area contributed by atoms with Crippen LogP contribution in [0.5, 0.6) is 0 Å². The summed E-state index contributed by atoms with van der Waals surface area (Å²) >= 11 is 0.389. The van der Waals surface area contributed by atoms with E-state index in [1.165, 1.54) is 25.7 Å². The second-order valence-corrected chi connectivity index (χ2v) is 4.89. The first-order chi connectivity index (χ1) is 4.41. The summed E-state index contributed by atoms with van der Waals surface area (Å²) in [7, 11) is 0. The fraction of sp³-hybridized carbons (Fsp3) is 1.00. The maximum Gasteiger partial charge on any atom is 0.364 e. The number of rotatable bonds is 6.